The normalized spacial score (nSPS) is 16.7. The van der Waals surface area contributed by atoms with Crippen molar-refractivity contribution in [3.05, 3.63) is 29.5 Å². The lowest BCUT2D eigenvalue weighted by Crippen LogP contribution is -2.35. The summed E-state index contributed by atoms with van der Waals surface area (Å²) in [6.07, 6.45) is 11.8. The minimum atomic E-state index is -0.0796. The van der Waals surface area contributed by atoms with Gasteiger partial charge in [0.15, 0.2) is 10.8 Å². The van der Waals surface area contributed by atoms with E-state index in [-0.39, 0.29) is 11.9 Å². The molecule has 1 amide bonds. The van der Waals surface area contributed by atoms with Crippen LogP contribution in [0.3, 0.4) is 0 Å². The van der Waals surface area contributed by atoms with Gasteiger partial charge in [0.25, 0.3) is 5.91 Å². The smallest absolute Gasteiger partial charge is 0.270 e. The number of rotatable bonds is 3. The van der Waals surface area contributed by atoms with E-state index in [9.17, 15) is 4.79 Å². The van der Waals surface area contributed by atoms with Crippen LogP contribution in [0.5, 0.6) is 0 Å². The molecule has 2 aromatic heterocycles. The molecular formula is C16H20N4OS. The summed E-state index contributed by atoms with van der Waals surface area (Å²) < 4.78 is 0. The Morgan fingerprint density at radius 1 is 1.09 bits per heavy atom. The van der Waals surface area contributed by atoms with Gasteiger partial charge < -0.3 is 5.32 Å². The number of aromatic nitrogens is 3. The molecule has 0 bridgehead atoms. The van der Waals surface area contributed by atoms with Crippen LogP contribution in [-0.2, 0) is 0 Å². The standard InChI is InChI=1S/C16H20N4OS/c21-15(19-12-7-4-2-1-3-5-8-12)13-11-22-16(20-13)14-17-9-6-10-18-14/h6,9-12H,1-5,7-8H2,(H,19,21). The molecule has 1 N–H and O–H groups in total. The van der Waals surface area contributed by atoms with Gasteiger partial charge in [-0.1, -0.05) is 32.1 Å². The zero-order valence-corrected chi connectivity index (χ0v) is 13.3. The zero-order chi connectivity index (χ0) is 15.2. The predicted octanol–water partition coefficient (Wildman–Crippen LogP) is 3.44. The lowest BCUT2D eigenvalue weighted by atomic mass is 9.97. The molecule has 0 unspecified atom stereocenters. The van der Waals surface area contributed by atoms with Crippen LogP contribution in [0.15, 0.2) is 23.8 Å². The maximum Gasteiger partial charge on any atom is 0.270 e. The topological polar surface area (TPSA) is 67.8 Å². The highest BCUT2D eigenvalue weighted by Crippen LogP contribution is 2.21. The first kappa shape index (κ1) is 15.1. The van der Waals surface area contributed by atoms with Gasteiger partial charge in [-0.15, -0.1) is 11.3 Å². The highest BCUT2D eigenvalue weighted by molar-refractivity contribution is 7.13. The third kappa shape index (κ3) is 3.88. The van der Waals surface area contributed by atoms with Crippen molar-refractivity contribution in [1.29, 1.82) is 0 Å². The van der Waals surface area contributed by atoms with E-state index in [1.165, 1.54) is 43.4 Å². The van der Waals surface area contributed by atoms with Gasteiger partial charge >= 0.3 is 0 Å². The summed E-state index contributed by atoms with van der Waals surface area (Å²) in [6, 6.07) is 2.05. The quantitative estimate of drug-likeness (QED) is 0.942. The molecule has 6 heteroatoms. The van der Waals surface area contributed by atoms with Crippen LogP contribution in [0.1, 0.15) is 55.4 Å². The number of nitrogens with one attached hydrogen (secondary N) is 1. The Balaban J connectivity index is 1.64. The van der Waals surface area contributed by atoms with Crippen LogP contribution in [0.2, 0.25) is 0 Å². The third-order valence-electron chi connectivity index (χ3n) is 3.93. The van der Waals surface area contributed by atoms with Crippen molar-refractivity contribution in [2.24, 2.45) is 0 Å². The van der Waals surface area contributed by atoms with Crippen LogP contribution >= 0.6 is 11.3 Å². The third-order valence-corrected chi connectivity index (χ3v) is 4.77. The number of hydrogen-bond acceptors (Lipinski definition) is 5. The summed E-state index contributed by atoms with van der Waals surface area (Å²) >= 11 is 1.40. The molecule has 1 aliphatic rings. The Hall–Kier alpha value is -1.82. The van der Waals surface area contributed by atoms with Gasteiger partial charge in [-0.25, -0.2) is 15.0 Å². The van der Waals surface area contributed by atoms with Gasteiger partial charge in [-0.2, -0.15) is 0 Å². The van der Waals surface area contributed by atoms with Gasteiger partial charge in [0.1, 0.15) is 5.69 Å². The SMILES string of the molecule is O=C(NC1CCCCCCC1)c1csc(-c2ncccn2)n1. The van der Waals surface area contributed by atoms with E-state index < -0.39 is 0 Å². The molecule has 2 heterocycles. The molecule has 0 saturated heterocycles. The van der Waals surface area contributed by atoms with Gasteiger partial charge in [-0.3, -0.25) is 4.79 Å². The van der Waals surface area contributed by atoms with E-state index in [2.05, 4.69) is 20.3 Å². The number of nitrogens with zero attached hydrogens (tertiary/aromatic N) is 3. The van der Waals surface area contributed by atoms with Crippen LogP contribution in [-0.4, -0.2) is 26.9 Å². The molecular weight excluding hydrogens is 296 g/mol. The van der Waals surface area contributed by atoms with Gasteiger partial charge in [-0.05, 0) is 18.9 Å². The fourth-order valence-electron chi connectivity index (χ4n) is 2.75. The minimum Gasteiger partial charge on any atom is -0.348 e. The number of carbonyl (C=O) groups excluding carboxylic acids is 1. The zero-order valence-electron chi connectivity index (χ0n) is 12.5. The summed E-state index contributed by atoms with van der Waals surface area (Å²) in [6.45, 7) is 0. The highest BCUT2D eigenvalue weighted by atomic mass is 32.1. The van der Waals surface area contributed by atoms with E-state index in [1.54, 1.807) is 23.8 Å². The van der Waals surface area contributed by atoms with Crippen LogP contribution in [0, 0.1) is 0 Å². The Morgan fingerprint density at radius 2 is 1.77 bits per heavy atom. The fraction of sp³-hybridized carbons (Fsp3) is 0.500. The second-order valence-corrected chi connectivity index (χ2v) is 6.48. The fourth-order valence-corrected chi connectivity index (χ4v) is 3.49. The molecule has 0 radical (unpaired) electrons. The molecule has 3 rings (SSSR count). The maximum atomic E-state index is 12.3. The summed E-state index contributed by atoms with van der Waals surface area (Å²) in [4.78, 5) is 25.0. The monoisotopic (exact) mass is 316 g/mol. The van der Waals surface area contributed by atoms with Crippen LogP contribution in [0.4, 0.5) is 0 Å². The molecule has 2 aromatic rings. The molecule has 22 heavy (non-hydrogen) atoms. The van der Waals surface area contributed by atoms with Gasteiger partial charge in [0.05, 0.1) is 0 Å². The number of hydrogen-bond donors (Lipinski definition) is 1. The van der Waals surface area contributed by atoms with Crippen molar-refractivity contribution in [3.63, 3.8) is 0 Å². The maximum absolute atomic E-state index is 12.3. The Bertz CT molecular complexity index is 606. The van der Waals surface area contributed by atoms with Crippen molar-refractivity contribution >= 4 is 17.2 Å². The molecule has 0 atom stereocenters. The highest BCUT2D eigenvalue weighted by Gasteiger charge is 2.18. The molecule has 0 aromatic carbocycles. The Labute approximate surface area is 134 Å². The first-order chi connectivity index (χ1) is 10.8. The van der Waals surface area contributed by atoms with E-state index in [4.69, 9.17) is 0 Å². The summed E-state index contributed by atoms with van der Waals surface area (Å²) in [7, 11) is 0. The van der Waals surface area contributed by atoms with Gasteiger partial charge in [0, 0.05) is 23.8 Å². The largest absolute Gasteiger partial charge is 0.348 e. The molecule has 1 fully saturated rings. The average molecular weight is 316 g/mol. The van der Waals surface area contributed by atoms with Crippen molar-refractivity contribution in [2.75, 3.05) is 0 Å². The van der Waals surface area contributed by atoms with Crippen LogP contribution < -0.4 is 5.32 Å². The Morgan fingerprint density at radius 3 is 2.50 bits per heavy atom. The van der Waals surface area contributed by atoms with Gasteiger partial charge in [0.2, 0.25) is 0 Å². The summed E-state index contributed by atoms with van der Waals surface area (Å²) in [5.41, 5.74) is 0.467. The molecule has 5 nitrogen and oxygen atoms in total. The molecule has 1 saturated carbocycles. The van der Waals surface area contributed by atoms with E-state index >= 15 is 0 Å². The average Bonchev–Trinajstić information content (AvgIpc) is 3.01. The minimum absolute atomic E-state index is 0.0796. The molecule has 0 spiro atoms. The van der Waals surface area contributed by atoms with E-state index in [0.717, 1.165) is 12.8 Å². The molecule has 0 aliphatic heterocycles. The number of amides is 1. The summed E-state index contributed by atoms with van der Waals surface area (Å²) in [5.74, 6) is 0.488. The number of thiazole rings is 1. The first-order valence-electron chi connectivity index (χ1n) is 7.87. The van der Waals surface area contributed by atoms with E-state index in [0.29, 0.717) is 16.5 Å². The van der Waals surface area contributed by atoms with Crippen molar-refractivity contribution in [1.82, 2.24) is 20.3 Å². The number of carbonyl (C=O) groups is 1. The van der Waals surface area contributed by atoms with E-state index in [1.807, 2.05) is 0 Å². The second-order valence-electron chi connectivity index (χ2n) is 5.63. The second kappa shape index (κ2) is 7.45. The van der Waals surface area contributed by atoms with Crippen molar-refractivity contribution < 1.29 is 4.79 Å². The van der Waals surface area contributed by atoms with Crippen molar-refractivity contribution in [3.8, 4) is 10.8 Å². The first-order valence-corrected chi connectivity index (χ1v) is 8.74. The molecule has 116 valence electrons. The lowest BCUT2D eigenvalue weighted by molar-refractivity contribution is 0.0926. The van der Waals surface area contributed by atoms with Crippen LogP contribution in [0.25, 0.3) is 10.8 Å². The molecule has 1 aliphatic carbocycles. The lowest BCUT2D eigenvalue weighted by Gasteiger charge is -2.20. The van der Waals surface area contributed by atoms with Crippen molar-refractivity contribution in [2.45, 2.75) is 51.0 Å². The predicted molar refractivity (Wildman–Crippen MR) is 86.7 cm³/mol. The summed E-state index contributed by atoms with van der Waals surface area (Å²) in [5, 5.41) is 5.60. The Kier molecular flexibility index (Phi) is 5.11.